The second kappa shape index (κ2) is 4.97. The first kappa shape index (κ1) is 13.6. The maximum absolute atomic E-state index is 12.4. The standard InChI is InChI=1S/C13H11N3O4S2/c17-22(18,10-1-2-11-12(5-10)20-8-19-11)15-6-9-7-21-13-14-3-4-16(9)13/h1-5,7,15H,6,8H2. The number of hydrogen-bond donors (Lipinski definition) is 1. The normalized spacial score (nSPS) is 13.8. The quantitative estimate of drug-likeness (QED) is 0.782. The van der Waals surface area contributed by atoms with Crippen molar-refractivity contribution in [1.82, 2.24) is 14.1 Å². The van der Waals surface area contributed by atoms with Crippen molar-refractivity contribution in [2.45, 2.75) is 11.4 Å². The minimum atomic E-state index is -3.62. The summed E-state index contributed by atoms with van der Waals surface area (Å²) in [6.07, 6.45) is 3.48. The van der Waals surface area contributed by atoms with Crippen LogP contribution in [0.25, 0.3) is 4.96 Å². The van der Waals surface area contributed by atoms with E-state index in [1.54, 1.807) is 18.5 Å². The Morgan fingerprint density at radius 2 is 2.18 bits per heavy atom. The van der Waals surface area contributed by atoms with Gasteiger partial charge in [0.1, 0.15) is 0 Å². The highest BCUT2D eigenvalue weighted by Crippen LogP contribution is 2.33. The number of nitrogens with one attached hydrogen (secondary N) is 1. The van der Waals surface area contributed by atoms with E-state index in [-0.39, 0.29) is 18.2 Å². The van der Waals surface area contributed by atoms with Crippen molar-refractivity contribution in [3.05, 3.63) is 41.7 Å². The van der Waals surface area contributed by atoms with Crippen molar-refractivity contribution in [3.63, 3.8) is 0 Å². The molecule has 9 heteroatoms. The fraction of sp³-hybridized carbons (Fsp3) is 0.154. The maximum Gasteiger partial charge on any atom is 0.241 e. The van der Waals surface area contributed by atoms with Crippen molar-refractivity contribution in [1.29, 1.82) is 0 Å². The summed E-state index contributed by atoms with van der Waals surface area (Å²) in [4.78, 5) is 5.13. The van der Waals surface area contributed by atoms with Crippen LogP contribution in [0.3, 0.4) is 0 Å². The summed E-state index contributed by atoms with van der Waals surface area (Å²) < 4.78 is 39.6. The van der Waals surface area contributed by atoms with E-state index >= 15 is 0 Å². The highest BCUT2D eigenvalue weighted by molar-refractivity contribution is 7.89. The van der Waals surface area contributed by atoms with Crippen LogP contribution in [0.4, 0.5) is 0 Å². The Labute approximate surface area is 130 Å². The Bertz CT molecular complexity index is 945. The third kappa shape index (κ3) is 2.23. The van der Waals surface area contributed by atoms with E-state index in [0.29, 0.717) is 11.5 Å². The fourth-order valence-electron chi connectivity index (χ4n) is 2.20. The molecule has 3 heterocycles. The van der Waals surface area contributed by atoms with Crippen LogP contribution < -0.4 is 14.2 Å². The van der Waals surface area contributed by atoms with Gasteiger partial charge in [-0.3, -0.25) is 4.40 Å². The molecule has 1 N–H and O–H groups in total. The Hall–Kier alpha value is -2.10. The molecule has 0 saturated carbocycles. The molecule has 22 heavy (non-hydrogen) atoms. The van der Waals surface area contributed by atoms with E-state index in [9.17, 15) is 8.42 Å². The molecule has 2 aromatic heterocycles. The van der Waals surface area contributed by atoms with Gasteiger partial charge in [-0.15, -0.1) is 11.3 Å². The molecular formula is C13H11N3O4S2. The molecule has 0 radical (unpaired) electrons. The predicted octanol–water partition coefficient (Wildman–Crippen LogP) is 1.60. The van der Waals surface area contributed by atoms with Crippen LogP contribution in [0.2, 0.25) is 0 Å². The summed E-state index contributed by atoms with van der Waals surface area (Å²) in [5, 5.41) is 1.88. The Morgan fingerprint density at radius 3 is 3.09 bits per heavy atom. The zero-order valence-electron chi connectivity index (χ0n) is 11.2. The lowest BCUT2D eigenvalue weighted by Crippen LogP contribution is -2.23. The van der Waals surface area contributed by atoms with Gasteiger partial charge >= 0.3 is 0 Å². The summed E-state index contributed by atoms with van der Waals surface area (Å²) >= 11 is 1.46. The van der Waals surface area contributed by atoms with Crippen LogP contribution in [0.5, 0.6) is 11.5 Å². The number of rotatable bonds is 4. The van der Waals surface area contributed by atoms with Gasteiger partial charge in [0.05, 0.1) is 11.4 Å². The predicted molar refractivity (Wildman–Crippen MR) is 79.7 cm³/mol. The SMILES string of the molecule is O=S(=O)(NCc1csc2nccn12)c1ccc2c(c1)OCO2. The summed E-state index contributed by atoms with van der Waals surface area (Å²) in [6, 6.07) is 4.55. The topological polar surface area (TPSA) is 81.9 Å². The average Bonchev–Trinajstić information content (AvgIpc) is 3.21. The second-order valence-electron chi connectivity index (χ2n) is 4.65. The summed E-state index contributed by atoms with van der Waals surface area (Å²) in [5.74, 6) is 0.993. The van der Waals surface area contributed by atoms with Gasteiger partial charge in [0, 0.05) is 29.5 Å². The molecule has 0 atom stereocenters. The summed E-state index contributed by atoms with van der Waals surface area (Å²) in [7, 11) is -3.62. The van der Waals surface area contributed by atoms with Crippen LogP contribution in [-0.4, -0.2) is 24.6 Å². The molecule has 3 aromatic rings. The van der Waals surface area contributed by atoms with Gasteiger partial charge in [-0.05, 0) is 12.1 Å². The van der Waals surface area contributed by atoms with Crippen LogP contribution in [0.15, 0.2) is 40.9 Å². The van der Waals surface area contributed by atoms with Gasteiger partial charge in [-0.2, -0.15) is 0 Å². The molecule has 0 aliphatic carbocycles. The molecule has 0 spiro atoms. The number of fused-ring (bicyclic) bond motifs is 2. The lowest BCUT2D eigenvalue weighted by Gasteiger charge is -2.07. The van der Waals surface area contributed by atoms with Crippen LogP contribution in [0.1, 0.15) is 5.69 Å². The minimum absolute atomic E-state index is 0.111. The summed E-state index contributed by atoms with van der Waals surface area (Å²) in [6.45, 7) is 0.299. The number of nitrogens with zero attached hydrogens (tertiary/aromatic N) is 2. The number of sulfonamides is 1. The lowest BCUT2D eigenvalue weighted by atomic mass is 10.3. The van der Waals surface area contributed by atoms with Gasteiger partial charge in [-0.1, -0.05) is 0 Å². The van der Waals surface area contributed by atoms with E-state index in [0.717, 1.165) is 10.7 Å². The molecule has 0 saturated heterocycles. The van der Waals surface area contributed by atoms with Crippen molar-refractivity contribution >= 4 is 26.3 Å². The molecule has 0 amide bonds. The molecule has 4 rings (SSSR count). The number of benzene rings is 1. The third-order valence-corrected chi connectivity index (χ3v) is 5.62. The largest absolute Gasteiger partial charge is 0.454 e. The zero-order chi connectivity index (χ0) is 15.2. The van der Waals surface area contributed by atoms with E-state index in [1.807, 2.05) is 9.78 Å². The molecular weight excluding hydrogens is 326 g/mol. The van der Waals surface area contributed by atoms with Crippen LogP contribution in [-0.2, 0) is 16.6 Å². The average molecular weight is 337 g/mol. The number of aromatic nitrogens is 2. The van der Waals surface area contributed by atoms with Crippen molar-refractivity contribution in [3.8, 4) is 11.5 Å². The molecule has 0 bridgehead atoms. The van der Waals surface area contributed by atoms with Crippen molar-refractivity contribution in [2.75, 3.05) is 6.79 Å². The first-order valence-electron chi connectivity index (χ1n) is 6.42. The molecule has 7 nitrogen and oxygen atoms in total. The highest BCUT2D eigenvalue weighted by Gasteiger charge is 2.20. The van der Waals surface area contributed by atoms with E-state index in [1.165, 1.54) is 23.5 Å². The number of thiazole rings is 1. The van der Waals surface area contributed by atoms with E-state index in [4.69, 9.17) is 9.47 Å². The van der Waals surface area contributed by atoms with Gasteiger partial charge < -0.3 is 9.47 Å². The van der Waals surface area contributed by atoms with Crippen molar-refractivity contribution in [2.24, 2.45) is 0 Å². The summed E-state index contributed by atoms with van der Waals surface area (Å²) in [5.41, 5.74) is 0.835. The Morgan fingerprint density at radius 1 is 1.32 bits per heavy atom. The first-order chi connectivity index (χ1) is 10.6. The molecule has 114 valence electrons. The third-order valence-electron chi connectivity index (χ3n) is 3.31. The monoisotopic (exact) mass is 337 g/mol. The molecule has 1 aromatic carbocycles. The van der Waals surface area contributed by atoms with Crippen LogP contribution >= 0.6 is 11.3 Å². The highest BCUT2D eigenvalue weighted by atomic mass is 32.2. The Kier molecular flexibility index (Phi) is 3.06. The van der Waals surface area contributed by atoms with Gasteiger partial charge in [0.15, 0.2) is 16.5 Å². The molecule has 1 aliphatic heterocycles. The van der Waals surface area contributed by atoms with Crippen LogP contribution in [0, 0.1) is 0 Å². The van der Waals surface area contributed by atoms with Gasteiger partial charge in [0.2, 0.25) is 16.8 Å². The molecule has 1 aliphatic rings. The van der Waals surface area contributed by atoms with Gasteiger partial charge in [0.25, 0.3) is 0 Å². The minimum Gasteiger partial charge on any atom is -0.454 e. The first-order valence-corrected chi connectivity index (χ1v) is 8.78. The fourth-order valence-corrected chi connectivity index (χ4v) is 4.06. The maximum atomic E-state index is 12.4. The number of ether oxygens (including phenoxy) is 2. The number of imidazole rings is 1. The Balaban J connectivity index is 1.58. The van der Waals surface area contributed by atoms with Crippen molar-refractivity contribution < 1.29 is 17.9 Å². The lowest BCUT2D eigenvalue weighted by molar-refractivity contribution is 0.174. The van der Waals surface area contributed by atoms with E-state index in [2.05, 4.69) is 9.71 Å². The number of hydrogen-bond acceptors (Lipinski definition) is 6. The zero-order valence-corrected chi connectivity index (χ0v) is 12.9. The smallest absolute Gasteiger partial charge is 0.241 e. The molecule has 0 unspecified atom stereocenters. The van der Waals surface area contributed by atoms with Gasteiger partial charge in [-0.25, -0.2) is 18.1 Å². The molecule has 0 fully saturated rings. The van der Waals surface area contributed by atoms with E-state index < -0.39 is 10.0 Å². The second-order valence-corrected chi connectivity index (χ2v) is 7.25.